The average molecular weight is 318 g/mol. The molecule has 0 aliphatic carbocycles. The Morgan fingerprint density at radius 2 is 2.00 bits per heavy atom. The van der Waals surface area contributed by atoms with E-state index in [0.717, 1.165) is 57.1 Å². The first-order chi connectivity index (χ1) is 10.8. The number of hydrogen-bond acceptors (Lipinski definition) is 4. The van der Waals surface area contributed by atoms with Crippen molar-refractivity contribution in [2.24, 2.45) is 0 Å². The highest BCUT2D eigenvalue weighted by Gasteiger charge is 2.09. The fourth-order valence-corrected chi connectivity index (χ4v) is 2.52. The second-order valence-electron chi connectivity index (χ2n) is 5.22. The number of rotatable bonds is 6. The van der Waals surface area contributed by atoms with Gasteiger partial charge in [-0.2, -0.15) is 5.26 Å². The molecule has 0 aromatic heterocycles. The highest BCUT2D eigenvalue weighted by Crippen LogP contribution is 2.09. The number of nitrogens with zero attached hydrogens (tertiary/aromatic N) is 2. The zero-order chi connectivity index (χ0) is 15.6. The fourth-order valence-electron chi connectivity index (χ4n) is 2.30. The molecule has 0 amide bonds. The summed E-state index contributed by atoms with van der Waals surface area (Å²) in [5.74, 6) is 0. The smallest absolute Gasteiger partial charge is 0.170 e. The second-order valence-corrected chi connectivity index (χ2v) is 5.63. The quantitative estimate of drug-likeness (QED) is 0.616. The largest absolute Gasteiger partial charge is 0.379 e. The van der Waals surface area contributed by atoms with Crippen molar-refractivity contribution in [3.8, 4) is 6.07 Å². The molecule has 0 spiro atoms. The lowest BCUT2D eigenvalue weighted by molar-refractivity contribution is 0.0376. The van der Waals surface area contributed by atoms with E-state index in [1.165, 1.54) is 0 Å². The van der Waals surface area contributed by atoms with Gasteiger partial charge in [0, 0.05) is 25.3 Å². The summed E-state index contributed by atoms with van der Waals surface area (Å²) in [5.41, 5.74) is 1.95. The molecule has 22 heavy (non-hydrogen) atoms. The van der Waals surface area contributed by atoms with Crippen LogP contribution in [0.3, 0.4) is 0 Å². The molecule has 0 atom stereocenters. The Bertz CT molecular complexity index is 506. The van der Waals surface area contributed by atoms with Gasteiger partial charge in [-0.05, 0) is 42.9 Å². The SMILES string of the molecule is N#CCc1ccc(NC(=S)NCCCN2CCOCC2)cc1. The maximum atomic E-state index is 8.64. The van der Waals surface area contributed by atoms with Gasteiger partial charge in [0.15, 0.2) is 5.11 Å². The predicted molar refractivity (Wildman–Crippen MR) is 91.9 cm³/mol. The Balaban J connectivity index is 1.61. The number of benzene rings is 1. The zero-order valence-electron chi connectivity index (χ0n) is 12.7. The Hall–Kier alpha value is -1.68. The summed E-state index contributed by atoms with van der Waals surface area (Å²) >= 11 is 5.28. The van der Waals surface area contributed by atoms with Gasteiger partial charge in [0.25, 0.3) is 0 Å². The monoisotopic (exact) mass is 318 g/mol. The molecule has 1 aromatic rings. The van der Waals surface area contributed by atoms with E-state index < -0.39 is 0 Å². The third-order valence-electron chi connectivity index (χ3n) is 3.54. The highest BCUT2D eigenvalue weighted by molar-refractivity contribution is 7.80. The number of hydrogen-bond donors (Lipinski definition) is 2. The molecule has 0 radical (unpaired) electrons. The maximum Gasteiger partial charge on any atom is 0.170 e. The molecule has 1 aliphatic rings. The van der Waals surface area contributed by atoms with E-state index >= 15 is 0 Å². The first-order valence-electron chi connectivity index (χ1n) is 7.59. The van der Waals surface area contributed by atoms with Crippen LogP contribution in [-0.4, -0.2) is 49.4 Å². The van der Waals surface area contributed by atoms with Gasteiger partial charge in [0.1, 0.15) is 0 Å². The first kappa shape index (κ1) is 16.7. The lowest BCUT2D eigenvalue weighted by Crippen LogP contribution is -2.38. The van der Waals surface area contributed by atoms with Crippen LogP contribution in [0.5, 0.6) is 0 Å². The van der Waals surface area contributed by atoms with Crippen LogP contribution in [0, 0.1) is 11.3 Å². The van der Waals surface area contributed by atoms with Crippen molar-refractivity contribution in [3.63, 3.8) is 0 Å². The number of nitrogens with one attached hydrogen (secondary N) is 2. The van der Waals surface area contributed by atoms with Crippen molar-refractivity contribution >= 4 is 23.0 Å². The van der Waals surface area contributed by atoms with Gasteiger partial charge < -0.3 is 15.4 Å². The van der Waals surface area contributed by atoms with Gasteiger partial charge in [-0.1, -0.05) is 12.1 Å². The molecule has 5 nitrogen and oxygen atoms in total. The molecular formula is C16H22N4OS. The summed E-state index contributed by atoms with van der Waals surface area (Å²) in [6.45, 7) is 5.66. The van der Waals surface area contributed by atoms with E-state index in [1.807, 2.05) is 24.3 Å². The molecule has 6 heteroatoms. The van der Waals surface area contributed by atoms with Gasteiger partial charge >= 0.3 is 0 Å². The lowest BCUT2D eigenvalue weighted by atomic mass is 10.1. The molecule has 1 heterocycles. The summed E-state index contributed by atoms with van der Waals surface area (Å²) in [4.78, 5) is 2.41. The Morgan fingerprint density at radius 3 is 2.68 bits per heavy atom. The minimum atomic E-state index is 0.435. The molecule has 118 valence electrons. The van der Waals surface area contributed by atoms with Crippen LogP contribution in [0.1, 0.15) is 12.0 Å². The number of anilines is 1. The van der Waals surface area contributed by atoms with E-state index in [0.29, 0.717) is 11.5 Å². The average Bonchev–Trinajstić information content (AvgIpc) is 2.55. The van der Waals surface area contributed by atoms with E-state index in [2.05, 4.69) is 21.6 Å². The lowest BCUT2D eigenvalue weighted by Gasteiger charge is -2.26. The summed E-state index contributed by atoms with van der Waals surface area (Å²) < 4.78 is 5.33. The van der Waals surface area contributed by atoms with Crippen LogP contribution in [-0.2, 0) is 11.2 Å². The summed E-state index contributed by atoms with van der Waals surface area (Å²) in [6.07, 6.45) is 1.49. The summed E-state index contributed by atoms with van der Waals surface area (Å²) in [6, 6.07) is 9.89. The molecule has 2 rings (SSSR count). The normalized spacial score (nSPS) is 15.0. The minimum absolute atomic E-state index is 0.435. The molecular weight excluding hydrogens is 296 g/mol. The van der Waals surface area contributed by atoms with Crippen molar-refractivity contribution < 1.29 is 4.74 Å². The van der Waals surface area contributed by atoms with E-state index in [1.54, 1.807) is 0 Å². The van der Waals surface area contributed by atoms with Crippen molar-refractivity contribution in [1.29, 1.82) is 5.26 Å². The molecule has 1 fully saturated rings. The molecule has 1 aromatic carbocycles. The van der Waals surface area contributed by atoms with Crippen molar-refractivity contribution in [2.45, 2.75) is 12.8 Å². The molecule has 0 saturated carbocycles. The number of morpholine rings is 1. The number of ether oxygens (including phenoxy) is 1. The van der Waals surface area contributed by atoms with Crippen LogP contribution in [0.15, 0.2) is 24.3 Å². The molecule has 1 saturated heterocycles. The Kier molecular flexibility index (Phi) is 7.10. The van der Waals surface area contributed by atoms with Gasteiger partial charge in [-0.25, -0.2) is 0 Å². The van der Waals surface area contributed by atoms with Crippen LogP contribution >= 0.6 is 12.2 Å². The zero-order valence-corrected chi connectivity index (χ0v) is 13.5. The molecule has 1 aliphatic heterocycles. The standard InChI is InChI=1S/C16H22N4OS/c17-7-6-14-2-4-15(5-3-14)19-16(22)18-8-1-9-20-10-12-21-13-11-20/h2-5H,1,6,8-13H2,(H2,18,19,22). The second kappa shape index (κ2) is 9.36. The fraction of sp³-hybridized carbons (Fsp3) is 0.500. The highest BCUT2D eigenvalue weighted by atomic mass is 32.1. The third kappa shape index (κ3) is 5.98. The molecule has 2 N–H and O–H groups in total. The Labute approximate surface area is 137 Å². The van der Waals surface area contributed by atoms with Crippen LogP contribution in [0.4, 0.5) is 5.69 Å². The van der Waals surface area contributed by atoms with Crippen LogP contribution in [0.25, 0.3) is 0 Å². The van der Waals surface area contributed by atoms with E-state index in [9.17, 15) is 0 Å². The predicted octanol–water partition coefficient (Wildman–Crippen LogP) is 1.76. The summed E-state index contributed by atoms with van der Waals surface area (Å²) in [5, 5.41) is 15.7. The molecule has 0 bridgehead atoms. The van der Waals surface area contributed by atoms with Crippen LogP contribution < -0.4 is 10.6 Å². The van der Waals surface area contributed by atoms with Crippen molar-refractivity contribution in [3.05, 3.63) is 29.8 Å². The minimum Gasteiger partial charge on any atom is -0.379 e. The van der Waals surface area contributed by atoms with Crippen LogP contribution in [0.2, 0.25) is 0 Å². The molecule has 0 unspecified atom stereocenters. The first-order valence-corrected chi connectivity index (χ1v) is 7.99. The number of thiocarbonyl (C=S) groups is 1. The number of nitriles is 1. The van der Waals surface area contributed by atoms with Gasteiger partial charge in [-0.15, -0.1) is 0 Å². The van der Waals surface area contributed by atoms with Crippen molar-refractivity contribution in [1.82, 2.24) is 10.2 Å². The maximum absolute atomic E-state index is 8.64. The van der Waals surface area contributed by atoms with Gasteiger partial charge in [0.2, 0.25) is 0 Å². The third-order valence-corrected chi connectivity index (χ3v) is 3.78. The Morgan fingerprint density at radius 1 is 1.27 bits per heavy atom. The van der Waals surface area contributed by atoms with Gasteiger partial charge in [-0.3, -0.25) is 4.90 Å². The van der Waals surface area contributed by atoms with Gasteiger partial charge in [0.05, 0.1) is 25.7 Å². The van der Waals surface area contributed by atoms with E-state index in [-0.39, 0.29) is 0 Å². The van der Waals surface area contributed by atoms with Crippen molar-refractivity contribution in [2.75, 3.05) is 44.7 Å². The topological polar surface area (TPSA) is 60.3 Å². The van der Waals surface area contributed by atoms with E-state index in [4.69, 9.17) is 22.2 Å². The summed E-state index contributed by atoms with van der Waals surface area (Å²) in [7, 11) is 0.